The maximum absolute atomic E-state index is 10.2. The van der Waals surface area contributed by atoms with E-state index in [1.165, 1.54) is 5.56 Å². The van der Waals surface area contributed by atoms with Gasteiger partial charge < -0.3 is 30.0 Å². The molecule has 4 rings (SSSR count). The Balaban J connectivity index is 1.33. The van der Waals surface area contributed by atoms with E-state index >= 15 is 0 Å². The maximum Gasteiger partial charge on any atom is 0.162 e. The van der Waals surface area contributed by atoms with Gasteiger partial charge in [-0.15, -0.1) is 0 Å². The fraction of sp³-hybridized carbons (Fsp3) is 0.276. The Morgan fingerprint density at radius 2 is 1.64 bits per heavy atom. The van der Waals surface area contributed by atoms with E-state index in [9.17, 15) is 5.11 Å². The van der Waals surface area contributed by atoms with Crippen LogP contribution >= 0.6 is 0 Å². The molecule has 3 N–H and O–H groups in total. The zero-order valence-corrected chi connectivity index (χ0v) is 21.0. The average Bonchev–Trinajstić information content (AvgIpc) is 2.91. The molecule has 0 aliphatic heterocycles. The topological polar surface area (TPSA) is 84.9 Å². The van der Waals surface area contributed by atoms with E-state index in [-0.39, 0.29) is 5.75 Å². The summed E-state index contributed by atoms with van der Waals surface area (Å²) >= 11 is 0. The lowest BCUT2D eigenvalue weighted by atomic mass is 10.0. The van der Waals surface area contributed by atoms with Crippen molar-refractivity contribution in [2.75, 3.05) is 39.7 Å². The summed E-state index contributed by atoms with van der Waals surface area (Å²) in [6.07, 6.45) is 3.54. The predicted octanol–water partition coefficient (Wildman–Crippen LogP) is 5.15. The lowest BCUT2D eigenvalue weighted by molar-refractivity contribution is 0.369. The van der Waals surface area contributed by atoms with Gasteiger partial charge in [0.25, 0.3) is 0 Å². The fourth-order valence-electron chi connectivity index (χ4n) is 4.20. The third-order valence-electron chi connectivity index (χ3n) is 6.09. The average molecular weight is 488 g/mol. The molecular weight excluding hydrogens is 454 g/mol. The molecule has 0 aliphatic carbocycles. The van der Waals surface area contributed by atoms with Crippen LogP contribution in [-0.2, 0) is 13.0 Å². The van der Waals surface area contributed by atoms with Crippen molar-refractivity contribution < 1.29 is 19.3 Å². The van der Waals surface area contributed by atoms with Gasteiger partial charge in [-0.1, -0.05) is 24.3 Å². The van der Waals surface area contributed by atoms with Crippen LogP contribution in [-0.4, -0.2) is 44.5 Å². The highest BCUT2D eigenvalue weighted by Crippen LogP contribution is 2.29. The van der Waals surface area contributed by atoms with E-state index in [0.717, 1.165) is 65.1 Å². The van der Waals surface area contributed by atoms with Crippen molar-refractivity contribution in [2.45, 2.75) is 19.4 Å². The number of nitrogens with zero attached hydrogens (tertiary/aromatic N) is 1. The Bertz CT molecular complexity index is 1290. The fourth-order valence-corrected chi connectivity index (χ4v) is 4.20. The Hall–Kier alpha value is -3.97. The summed E-state index contributed by atoms with van der Waals surface area (Å²) in [4.78, 5) is 4.59. The first-order valence-corrected chi connectivity index (χ1v) is 12.0. The van der Waals surface area contributed by atoms with Gasteiger partial charge in [0.15, 0.2) is 11.5 Å². The molecule has 3 aromatic carbocycles. The normalized spacial score (nSPS) is 10.9. The second-order valence-corrected chi connectivity index (χ2v) is 8.53. The number of hydrogen-bond donors (Lipinski definition) is 3. The molecule has 4 aromatic rings. The van der Waals surface area contributed by atoms with E-state index in [1.54, 1.807) is 27.4 Å². The van der Waals surface area contributed by atoms with Gasteiger partial charge in [-0.25, -0.2) is 0 Å². The molecule has 0 saturated carbocycles. The minimum absolute atomic E-state index is 0.193. The molecule has 0 spiro atoms. The number of phenolic OH excluding ortho intramolecular Hbond substituents is 1. The number of aromatic hydroxyl groups is 1. The van der Waals surface area contributed by atoms with Crippen LogP contribution in [0.5, 0.6) is 23.0 Å². The minimum atomic E-state index is 0.193. The zero-order chi connectivity index (χ0) is 25.3. The molecule has 0 radical (unpaired) electrons. The summed E-state index contributed by atoms with van der Waals surface area (Å²) < 4.78 is 16.0. The molecule has 7 heteroatoms. The van der Waals surface area contributed by atoms with Crippen LogP contribution in [0.4, 0.5) is 5.69 Å². The number of phenols is 1. The highest BCUT2D eigenvalue weighted by atomic mass is 16.5. The van der Waals surface area contributed by atoms with Crippen LogP contribution in [0.1, 0.15) is 23.1 Å². The van der Waals surface area contributed by atoms with Crippen molar-refractivity contribution in [1.29, 1.82) is 0 Å². The van der Waals surface area contributed by atoms with Gasteiger partial charge in [0.05, 0.1) is 26.8 Å². The largest absolute Gasteiger partial charge is 0.504 e. The van der Waals surface area contributed by atoms with Gasteiger partial charge in [-0.2, -0.15) is 0 Å². The molecule has 7 nitrogen and oxygen atoms in total. The number of fused-ring (bicyclic) bond motifs is 1. The zero-order valence-electron chi connectivity index (χ0n) is 21.0. The molecule has 1 aromatic heterocycles. The molecular formula is C29H33N3O4. The maximum atomic E-state index is 10.2. The number of nitrogens with one attached hydrogen (secondary N) is 2. The number of ether oxygens (including phenoxy) is 3. The summed E-state index contributed by atoms with van der Waals surface area (Å²) in [5.41, 5.74) is 5.15. The molecule has 0 atom stereocenters. The standard InChI is InChI=1S/C29H33N3O4/c1-34-23-15-21(16-24(18-23)35-2)14-20-8-9-25-26(10-13-32-27(25)17-20)31-12-5-11-30-19-22-6-4-7-28(36-3)29(22)33/h4,6-10,13,15-18,30,33H,5,11-12,14,19H2,1-3H3,(H,31,32). The Morgan fingerprint density at radius 1 is 0.833 bits per heavy atom. The lowest BCUT2D eigenvalue weighted by Crippen LogP contribution is -2.17. The number of anilines is 1. The highest BCUT2D eigenvalue weighted by Gasteiger charge is 2.08. The molecule has 0 fully saturated rings. The number of rotatable bonds is 12. The summed E-state index contributed by atoms with van der Waals surface area (Å²) in [6, 6.07) is 19.9. The van der Waals surface area contributed by atoms with Crippen LogP contribution in [0.2, 0.25) is 0 Å². The molecule has 0 saturated heterocycles. The Kier molecular flexibility index (Phi) is 8.47. The summed E-state index contributed by atoms with van der Waals surface area (Å²) in [5, 5.41) is 18.2. The SMILES string of the molecule is COc1cc(Cc2ccc3c(NCCCNCc4cccc(OC)c4O)ccnc3c2)cc(OC)c1. The molecule has 1 heterocycles. The number of benzene rings is 3. The second kappa shape index (κ2) is 12.1. The monoisotopic (exact) mass is 487 g/mol. The quantitative estimate of drug-likeness (QED) is 0.238. The number of pyridine rings is 1. The molecule has 188 valence electrons. The van der Waals surface area contributed by atoms with Gasteiger partial charge >= 0.3 is 0 Å². The smallest absolute Gasteiger partial charge is 0.162 e. The van der Waals surface area contributed by atoms with Crippen molar-refractivity contribution in [3.8, 4) is 23.0 Å². The van der Waals surface area contributed by atoms with Crippen LogP contribution in [0, 0.1) is 0 Å². The molecule has 0 aliphatic rings. The van der Waals surface area contributed by atoms with E-state index in [4.69, 9.17) is 14.2 Å². The van der Waals surface area contributed by atoms with E-state index < -0.39 is 0 Å². The van der Waals surface area contributed by atoms with Crippen molar-refractivity contribution in [2.24, 2.45) is 0 Å². The molecule has 0 bridgehead atoms. The first-order chi connectivity index (χ1) is 17.6. The summed E-state index contributed by atoms with van der Waals surface area (Å²) in [5.74, 6) is 2.25. The predicted molar refractivity (Wildman–Crippen MR) is 144 cm³/mol. The van der Waals surface area contributed by atoms with Gasteiger partial charge in [-0.3, -0.25) is 4.98 Å². The third kappa shape index (κ3) is 6.17. The van der Waals surface area contributed by atoms with E-state index in [0.29, 0.717) is 12.3 Å². The van der Waals surface area contributed by atoms with Crippen molar-refractivity contribution in [3.05, 3.63) is 83.6 Å². The molecule has 0 amide bonds. The van der Waals surface area contributed by atoms with Gasteiger partial charge in [-0.05, 0) is 60.8 Å². The number of para-hydroxylation sites is 1. The van der Waals surface area contributed by atoms with Crippen LogP contribution in [0.25, 0.3) is 10.9 Å². The molecule has 0 unspecified atom stereocenters. The summed E-state index contributed by atoms with van der Waals surface area (Å²) in [6.45, 7) is 2.23. The second-order valence-electron chi connectivity index (χ2n) is 8.53. The van der Waals surface area contributed by atoms with Crippen LogP contribution in [0.3, 0.4) is 0 Å². The first-order valence-electron chi connectivity index (χ1n) is 12.0. The van der Waals surface area contributed by atoms with E-state index in [2.05, 4.69) is 33.8 Å². The lowest BCUT2D eigenvalue weighted by Gasteiger charge is -2.12. The van der Waals surface area contributed by atoms with E-state index in [1.807, 2.05) is 42.6 Å². The van der Waals surface area contributed by atoms with Gasteiger partial charge in [0.2, 0.25) is 0 Å². The highest BCUT2D eigenvalue weighted by molar-refractivity contribution is 5.91. The molecule has 36 heavy (non-hydrogen) atoms. The third-order valence-corrected chi connectivity index (χ3v) is 6.09. The van der Waals surface area contributed by atoms with Gasteiger partial charge in [0, 0.05) is 42.0 Å². The van der Waals surface area contributed by atoms with Crippen molar-refractivity contribution in [3.63, 3.8) is 0 Å². The van der Waals surface area contributed by atoms with Crippen molar-refractivity contribution >= 4 is 16.6 Å². The first kappa shape index (κ1) is 25.1. The van der Waals surface area contributed by atoms with Crippen molar-refractivity contribution in [1.82, 2.24) is 10.3 Å². The number of methoxy groups -OCH3 is 3. The number of hydrogen-bond acceptors (Lipinski definition) is 7. The van der Waals surface area contributed by atoms with Gasteiger partial charge in [0.1, 0.15) is 11.5 Å². The van der Waals surface area contributed by atoms with Crippen LogP contribution < -0.4 is 24.8 Å². The Morgan fingerprint density at radius 3 is 2.39 bits per heavy atom. The number of aromatic nitrogens is 1. The Labute approximate surface area is 212 Å². The van der Waals surface area contributed by atoms with Crippen LogP contribution in [0.15, 0.2) is 66.9 Å². The summed E-state index contributed by atoms with van der Waals surface area (Å²) in [7, 11) is 4.88. The minimum Gasteiger partial charge on any atom is -0.504 e.